The van der Waals surface area contributed by atoms with Crippen LogP contribution in [-0.4, -0.2) is 65.2 Å². The van der Waals surface area contributed by atoms with Gasteiger partial charge in [0.1, 0.15) is 12.6 Å². The molecule has 2 aliphatic rings. The van der Waals surface area contributed by atoms with E-state index < -0.39 is 18.0 Å². The highest BCUT2D eigenvalue weighted by molar-refractivity contribution is 5.89. The number of hydrogen-bond donors (Lipinski definition) is 4. The van der Waals surface area contributed by atoms with Gasteiger partial charge in [-0.1, -0.05) is 50.6 Å². The molecule has 194 valence electrons. The van der Waals surface area contributed by atoms with Gasteiger partial charge >= 0.3 is 6.09 Å². The zero-order valence-electron chi connectivity index (χ0n) is 21.2. The van der Waals surface area contributed by atoms with E-state index in [-0.39, 0.29) is 30.0 Å². The molecule has 1 saturated carbocycles. The minimum Gasteiger partial charge on any atom is -0.465 e. The summed E-state index contributed by atoms with van der Waals surface area (Å²) in [6.45, 7) is 5.93. The van der Waals surface area contributed by atoms with Gasteiger partial charge in [-0.25, -0.2) is 4.79 Å². The summed E-state index contributed by atoms with van der Waals surface area (Å²) < 4.78 is 0. The van der Waals surface area contributed by atoms with E-state index in [0.717, 1.165) is 45.2 Å². The van der Waals surface area contributed by atoms with Crippen molar-refractivity contribution in [3.05, 3.63) is 35.9 Å². The van der Waals surface area contributed by atoms with Crippen molar-refractivity contribution in [1.29, 1.82) is 0 Å². The highest BCUT2D eigenvalue weighted by atomic mass is 16.4. The van der Waals surface area contributed by atoms with Gasteiger partial charge in [-0.2, -0.15) is 0 Å². The molecule has 2 fully saturated rings. The predicted molar refractivity (Wildman–Crippen MR) is 136 cm³/mol. The van der Waals surface area contributed by atoms with Gasteiger partial charge in [0.25, 0.3) is 0 Å². The summed E-state index contributed by atoms with van der Waals surface area (Å²) >= 11 is 0. The van der Waals surface area contributed by atoms with Crippen LogP contribution in [0.3, 0.4) is 0 Å². The molecule has 8 nitrogen and oxygen atoms in total. The lowest BCUT2D eigenvalue weighted by Crippen LogP contribution is -2.57. The number of rotatable bonds is 10. The molecule has 4 N–H and O–H groups in total. The summed E-state index contributed by atoms with van der Waals surface area (Å²) in [6.07, 6.45) is 8.00. The second-order valence-corrected chi connectivity index (χ2v) is 10.6. The van der Waals surface area contributed by atoms with Crippen LogP contribution in [0.2, 0.25) is 0 Å². The lowest BCUT2D eigenvalue weighted by Gasteiger charge is -2.50. The molecular weight excluding hydrogens is 444 g/mol. The van der Waals surface area contributed by atoms with Crippen molar-refractivity contribution in [2.75, 3.05) is 19.6 Å². The number of likely N-dealkylation sites (tertiary alicyclic amines) is 1. The van der Waals surface area contributed by atoms with Gasteiger partial charge in [-0.3, -0.25) is 14.5 Å². The molecule has 0 bridgehead atoms. The number of carbonyl (C=O) groups is 3. The van der Waals surface area contributed by atoms with E-state index in [0.29, 0.717) is 6.42 Å². The van der Waals surface area contributed by atoms with Crippen LogP contribution in [0.15, 0.2) is 30.3 Å². The monoisotopic (exact) mass is 486 g/mol. The molecule has 1 aromatic rings. The topological polar surface area (TPSA) is 111 Å². The molecule has 35 heavy (non-hydrogen) atoms. The number of amides is 3. The summed E-state index contributed by atoms with van der Waals surface area (Å²) in [7, 11) is 0. The van der Waals surface area contributed by atoms with Crippen LogP contribution in [0.1, 0.15) is 70.8 Å². The van der Waals surface area contributed by atoms with Crippen LogP contribution in [-0.2, 0) is 16.0 Å². The number of hydrogen-bond acceptors (Lipinski definition) is 4. The fraction of sp³-hybridized carbons (Fsp3) is 0.667. The van der Waals surface area contributed by atoms with Gasteiger partial charge in [0, 0.05) is 11.6 Å². The second-order valence-electron chi connectivity index (χ2n) is 10.6. The molecule has 1 aliphatic carbocycles. The molecule has 3 amide bonds. The molecule has 1 saturated heterocycles. The first-order valence-electron chi connectivity index (χ1n) is 13.1. The number of carbonyl (C=O) groups excluding carboxylic acids is 2. The summed E-state index contributed by atoms with van der Waals surface area (Å²) in [6, 6.07) is 10.1. The third-order valence-electron chi connectivity index (χ3n) is 7.42. The third kappa shape index (κ3) is 8.23. The predicted octanol–water partition coefficient (Wildman–Crippen LogP) is 3.31. The molecule has 0 aromatic heterocycles. The minimum atomic E-state index is -1.26. The minimum absolute atomic E-state index is 0.0832. The smallest absolute Gasteiger partial charge is 0.405 e. The van der Waals surface area contributed by atoms with E-state index in [1.54, 1.807) is 0 Å². The van der Waals surface area contributed by atoms with Crippen molar-refractivity contribution in [1.82, 2.24) is 20.9 Å². The SMILES string of the molecule is CC(C)CC(NC(=O)CNC(=O)O)C(=O)NC1CCC(Cc2ccccc2)(N2CCCCC2)CC1. The number of nitrogens with one attached hydrogen (secondary N) is 3. The van der Waals surface area contributed by atoms with Crippen molar-refractivity contribution >= 4 is 17.9 Å². The van der Waals surface area contributed by atoms with Gasteiger partial charge in [-0.05, 0) is 75.9 Å². The Labute approximate surface area is 209 Å². The van der Waals surface area contributed by atoms with Crippen LogP contribution >= 0.6 is 0 Å². The zero-order chi connectivity index (χ0) is 25.3. The van der Waals surface area contributed by atoms with Gasteiger partial charge < -0.3 is 21.1 Å². The van der Waals surface area contributed by atoms with Gasteiger partial charge in [0.15, 0.2) is 0 Å². The number of nitrogens with zero attached hydrogens (tertiary/aromatic N) is 1. The molecular formula is C27H42N4O4. The van der Waals surface area contributed by atoms with E-state index in [4.69, 9.17) is 5.11 Å². The Morgan fingerprint density at radius 2 is 1.71 bits per heavy atom. The van der Waals surface area contributed by atoms with E-state index >= 15 is 0 Å². The number of carboxylic acid groups (broad SMARTS) is 1. The summed E-state index contributed by atoms with van der Waals surface area (Å²) in [4.78, 5) is 38.6. The zero-order valence-corrected chi connectivity index (χ0v) is 21.2. The van der Waals surface area contributed by atoms with E-state index in [2.05, 4.69) is 51.2 Å². The van der Waals surface area contributed by atoms with Gasteiger partial charge in [0.2, 0.25) is 11.8 Å². The highest BCUT2D eigenvalue weighted by Crippen LogP contribution is 2.38. The lowest BCUT2D eigenvalue weighted by atomic mass is 9.73. The second kappa shape index (κ2) is 12.9. The van der Waals surface area contributed by atoms with Gasteiger partial charge in [-0.15, -0.1) is 0 Å². The van der Waals surface area contributed by atoms with Crippen LogP contribution in [0.25, 0.3) is 0 Å². The fourth-order valence-electron chi connectivity index (χ4n) is 5.65. The van der Waals surface area contributed by atoms with Crippen LogP contribution in [0.5, 0.6) is 0 Å². The maximum atomic E-state index is 13.1. The summed E-state index contributed by atoms with van der Waals surface area (Å²) in [5.74, 6) is -0.466. The Balaban J connectivity index is 1.61. The first-order valence-corrected chi connectivity index (χ1v) is 13.1. The first-order chi connectivity index (χ1) is 16.8. The molecule has 0 spiro atoms. The Hall–Kier alpha value is -2.61. The van der Waals surface area contributed by atoms with E-state index in [1.807, 2.05) is 13.8 Å². The van der Waals surface area contributed by atoms with Crippen LogP contribution in [0, 0.1) is 5.92 Å². The summed E-state index contributed by atoms with van der Waals surface area (Å²) in [5.41, 5.74) is 1.51. The van der Waals surface area contributed by atoms with Crippen molar-refractivity contribution in [3.63, 3.8) is 0 Å². The van der Waals surface area contributed by atoms with Crippen molar-refractivity contribution in [2.45, 2.75) is 89.3 Å². The molecule has 8 heteroatoms. The lowest BCUT2D eigenvalue weighted by molar-refractivity contribution is -0.129. The number of piperidine rings is 1. The third-order valence-corrected chi connectivity index (χ3v) is 7.42. The Morgan fingerprint density at radius 3 is 2.31 bits per heavy atom. The molecule has 1 atom stereocenters. The van der Waals surface area contributed by atoms with Crippen LogP contribution in [0.4, 0.5) is 4.79 Å². The van der Waals surface area contributed by atoms with Crippen LogP contribution < -0.4 is 16.0 Å². The molecule has 3 rings (SSSR count). The summed E-state index contributed by atoms with van der Waals surface area (Å²) in [5, 5.41) is 16.7. The van der Waals surface area contributed by atoms with Gasteiger partial charge in [0.05, 0.1) is 0 Å². The average molecular weight is 487 g/mol. The molecule has 1 aliphatic heterocycles. The highest BCUT2D eigenvalue weighted by Gasteiger charge is 2.41. The molecule has 1 heterocycles. The Kier molecular flexibility index (Phi) is 9.95. The Morgan fingerprint density at radius 1 is 1.06 bits per heavy atom. The Bertz CT molecular complexity index is 831. The normalized spacial score (nSPS) is 23.9. The van der Waals surface area contributed by atoms with E-state index in [9.17, 15) is 14.4 Å². The molecule has 1 aromatic carbocycles. The average Bonchev–Trinajstić information content (AvgIpc) is 2.84. The first kappa shape index (κ1) is 27.0. The maximum absolute atomic E-state index is 13.1. The van der Waals surface area contributed by atoms with E-state index in [1.165, 1.54) is 24.8 Å². The quantitative estimate of drug-likeness (QED) is 0.406. The maximum Gasteiger partial charge on any atom is 0.405 e. The molecule has 0 radical (unpaired) electrons. The number of benzene rings is 1. The van der Waals surface area contributed by atoms with Crippen molar-refractivity contribution in [2.24, 2.45) is 5.92 Å². The molecule has 1 unspecified atom stereocenters. The van der Waals surface area contributed by atoms with Crippen molar-refractivity contribution < 1.29 is 19.5 Å². The standard InChI is InChI=1S/C27H42N4O4/c1-20(2)17-23(30-24(32)19-28-26(34)35)25(33)29-22-11-13-27(14-12-22,31-15-7-4-8-16-31)18-21-9-5-3-6-10-21/h3,5-6,9-10,20,22-23,28H,4,7-8,11-19H2,1-2H3,(H,29,33)(H,30,32)(H,34,35). The fourth-order valence-corrected chi connectivity index (χ4v) is 5.65. The largest absolute Gasteiger partial charge is 0.465 e. The van der Waals surface area contributed by atoms with Crippen molar-refractivity contribution in [3.8, 4) is 0 Å².